The smallest absolute Gasteiger partial charge is 0.312 e. The van der Waals surface area contributed by atoms with Crippen LogP contribution in [0.15, 0.2) is 46.0 Å². The minimum absolute atomic E-state index is 0.324. The minimum atomic E-state index is -0.418. The molecule has 0 radical (unpaired) electrons. The van der Waals surface area contributed by atoms with E-state index >= 15 is 0 Å². The van der Waals surface area contributed by atoms with Gasteiger partial charge in [0.05, 0.1) is 0 Å². The zero-order valence-corrected chi connectivity index (χ0v) is 10.4. The topological polar surface area (TPSA) is 58.1 Å². The molecule has 18 heavy (non-hydrogen) atoms. The molecule has 94 valence electrons. The Morgan fingerprint density at radius 1 is 1.17 bits per heavy atom. The third kappa shape index (κ3) is 2.51. The summed E-state index contributed by atoms with van der Waals surface area (Å²) in [6.45, 7) is 0. The standard InChI is InChI=1S/C13H15N3O2/c1-15(2)16-12(17)9-11(14-13(16)18)8-10-6-4-3-5-7-10/h3-7,9H,8H2,1-2H3,(H,14,18). The number of benzene rings is 1. The highest BCUT2D eigenvalue weighted by Crippen LogP contribution is 2.03. The molecule has 0 unspecified atom stereocenters. The maximum Gasteiger partial charge on any atom is 0.347 e. The average Bonchev–Trinajstić information content (AvgIpc) is 2.28. The molecule has 0 aliphatic heterocycles. The van der Waals surface area contributed by atoms with Gasteiger partial charge in [-0.3, -0.25) is 4.79 Å². The van der Waals surface area contributed by atoms with E-state index in [1.807, 2.05) is 30.3 Å². The monoisotopic (exact) mass is 245 g/mol. The highest BCUT2D eigenvalue weighted by Gasteiger charge is 2.06. The molecule has 5 nitrogen and oxygen atoms in total. The third-order valence-electron chi connectivity index (χ3n) is 2.60. The first-order valence-electron chi connectivity index (χ1n) is 5.65. The molecule has 5 heteroatoms. The van der Waals surface area contributed by atoms with Crippen LogP contribution in [0.25, 0.3) is 0 Å². The van der Waals surface area contributed by atoms with E-state index in [4.69, 9.17) is 0 Å². The van der Waals surface area contributed by atoms with Crippen molar-refractivity contribution in [3.63, 3.8) is 0 Å². The van der Waals surface area contributed by atoms with Crippen LogP contribution in [0.2, 0.25) is 0 Å². The molecule has 0 spiro atoms. The van der Waals surface area contributed by atoms with Crippen molar-refractivity contribution in [2.45, 2.75) is 6.42 Å². The fourth-order valence-corrected chi connectivity index (χ4v) is 1.83. The van der Waals surface area contributed by atoms with Crippen molar-refractivity contribution in [2.75, 3.05) is 19.1 Å². The molecule has 0 saturated heterocycles. The first-order chi connectivity index (χ1) is 8.58. The van der Waals surface area contributed by atoms with Crippen molar-refractivity contribution in [3.8, 4) is 0 Å². The van der Waals surface area contributed by atoms with Crippen LogP contribution in [0, 0.1) is 0 Å². The number of hydrogen-bond donors (Lipinski definition) is 1. The van der Waals surface area contributed by atoms with E-state index in [2.05, 4.69) is 4.98 Å². The lowest BCUT2D eigenvalue weighted by molar-refractivity contribution is 0.645. The molecular formula is C13H15N3O2. The Bertz CT molecular complexity index is 610. The zero-order valence-electron chi connectivity index (χ0n) is 10.4. The third-order valence-corrected chi connectivity index (χ3v) is 2.60. The lowest BCUT2D eigenvalue weighted by atomic mass is 10.1. The molecule has 0 atom stereocenters. The van der Waals surface area contributed by atoms with Crippen LogP contribution in [0.5, 0.6) is 0 Å². The van der Waals surface area contributed by atoms with Crippen LogP contribution in [0.4, 0.5) is 0 Å². The van der Waals surface area contributed by atoms with E-state index in [-0.39, 0.29) is 5.56 Å². The summed E-state index contributed by atoms with van der Waals surface area (Å²) < 4.78 is 1.05. The summed E-state index contributed by atoms with van der Waals surface area (Å²) in [4.78, 5) is 26.3. The normalized spacial score (nSPS) is 10.3. The summed E-state index contributed by atoms with van der Waals surface area (Å²) in [7, 11) is 3.29. The number of hydrogen-bond acceptors (Lipinski definition) is 3. The molecule has 1 N–H and O–H groups in total. The van der Waals surface area contributed by atoms with Crippen LogP contribution >= 0.6 is 0 Å². The first kappa shape index (κ1) is 12.2. The number of H-pyrrole nitrogens is 1. The number of aromatic amines is 1. The number of aromatic nitrogens is 2. The Hall–Kier alpha value is -2.30. The van der Waals surface area contributed by atoms with E-state index in [0.29, 0.717) is 12.1 Å². The zero-order chi connectivity index (χ0) is 13.1. The SMILES string of the molecule is CN(C)n1c(=O)cc(Cc2ccccc2)[nH]c1=O. The second-order valence-corrected chi connectivity index (χ2v) is 4.26. The maximum atomic E-state index is 11.8. The van der Waals surface area contributed by atoms with Crippen molar-refractivity contribution < 1.29 is 0 Å². The second-order valence-electron chi connectivity index (χ2n) is 4.26. The Morgan fingerprint density at radius 2 is 1.83 bits per heavy atom. The molecular weight excluding hydrogens is 230 g/mol. The van der Waals surface area contributed by atoms with Gasteiger partial charge in [-0.05, 0) is 5.56 Å². The van der Waals surface area contributed by atoms with Gasteiger partial charge in [-0.2, -0.15) is 4.68 Å². The predicted octanol–water partition coefficient (Wildman–Crippen LogP) is 0.325. The van der Waals surface area contributed by atoms with Crippen LogP contribution in [0.3, 0.4) is 0 Å². The van der Waals surface area contributed by atoms with Crippen molar-refractivity contribution in [1.29, 1.82) is 0 Å². The predicted molar refractivity (Wildman–Crippen MR) is 70.6 cm³/mol. The molecule has 0 aliphatic carbocycles. The Morgan fingerprint density at radius 3 is 2.39 bits per heavy atom. The molecule has 0 aliphatic rings. The Labute approximate surface area is 104 Å². The van der Waals surface area contributed by atoms with Crippen molar-refractivity contribution in [3.05, 3.63) is 68.5 Å². The van der Waals surface area contributed by atoms with E-state index in [9.17, 15) is 9.59 Å². The average molecular weight is 245 g/mol. The summed E-state index contributed by atoms with van der Waals surface area (Å²) in [6.07, 6.45) is 0.541. The summed E-state index contributed by atoms with van der Waals surface area (Å²) in [5.74, 6) is 0. The van der Waals surface area contributed by atoms with Crippen molar-refractivity contribution in [2.24, 2.45) is 0 Å². The molecule has 1 heterocycles. The molecule has 2 aromatic rings. The molecule has 1 aromatic carbocycles. The van der Waals surface area contributed by atoms with E-state index < -0.39 is 5.69 Å². The van der Waals surface area contributed by atoms with Gasteiger partial charge in [0.2, 0.25) is 0 Å². The van der Waals surface area contributed by atoms with Gasteiger partial charge in [0.15, 0.2) is 0 Å². The van der Waals surface area contributed by atoms with Crippen molar-refractivity contribution >= 4 is 0 Å². The summed E-state index contributed by atoms with van der Waals surface area (Å²) in [5.41, 5.74) is 0.928. The lowest BCUT2D eigenvalue weighted by Gasteiger charge is -2.14. The maximum absolute atomic E-state index is 11.8. The van der Waals surface area contributed by atoms with Gasteiger partial charge in [0, 0.05) is 32.3 Å². The fraction of sp³-hybridized carbons (Fsp3) is 0.231. The van der Waals surface area contributed by atoms with Crippen LogP contribution in [0.1, 0.15) is 11.3 Å². The lowest BCUT2D eigenvalue weighted by Crippen LogP contribution is -2.46. The minimum Gasteiger partial charge on any atom is -0.312 e. The second kappa shape index (κ2) is 4.91. The van der Waals surface area contributed by atoms with Gasteiger partial charge < -0.3 is 9.99 Å². The van der Waals surface area contributed by atoms with Crippen LogP contribution < -0.4 is 16.3 Å². The van der Waals surface area contributed by atoms with Gasteiger partial charge in [0.25, 0.3) is 5.56 Å². The highest BCUT2D eigenvalue weighted by atomic mass is 16.2. The van der Waals surface area contributed by atoms with Crippen LogP contribution in [-0.4, -0.2) is 23.8 Å². The van der Waals surface area contributed by atoms with Gasteiger partial charge in [-0.1, -0.05) is 30.3 Å². The van der Waals surface area contributed by atoms with Gasteiger partial charge in [-0.25, -0.2) is 4.79 Å². The first-order valence-corrected chi connectivity index (χ1v) is 5.65. The molecule has 0 amide bonds. The van der Waals surface area contributed by atoms with Gasteiger partial charge >= 0.3 is 5.69 Å². The Balaban J connectivity index is 2.38. The van der Waals surface area contributed by atoms with E-state index in [1.165, 1.54) is 11.1 Å². The summed E-state index contributed by atoms with van der Waals surface area (Å²) in [6, 6.07) is 11.1. The molecule has 1 aromatic heterocycles. The van der Waals surface area contributed by atoms with Gasteiger partial charge in [0.1, 0.15) is 0 Å². The Kier molecular flexibility index (Phi) is 3.32. The molecule has 0 fully saturated rings. The molecule has 0 saturated carbocycles. The van der Waals surface area contributed by atoms with E-state index in [1.54, 1.807) is 14.1 Å². The van der Waals surface area contributed by atoms with E-state index in [0.717, 1.165) is 10.2 Å². The van der Waals surface area contributed by atoms with Crippen molar-refractivity contribution in [1.82, 2.24) is 9.66 Å². The van der Waals surface area contributed by atoms with Gasteiger partial charge in [-0.15, -0.1) is 0 Å². The number of nitrogens with zero attached hydrogens (tertiary/aromatic N) is 2. The highest BCUT2D eigenvalue weighted by molar-refractivity contribution is 5.20. The summed E-state index contributed by atoms with van der Waals surface area (Å²) >= 11 is 0. The number of nitrogens with one attached hydrogen (secondary N) is 1. The fourth-order valence-electron chi connectivity index (χ4n) is 1.83. The quantitative estimate of drug-likeness (QED) is 0.847. The summed E-state index contributed by atoms with van der Waals surface area (Å²) in [5, 5.41) is 1.45. The molecule has 0 bridgehead atoms. The van der Waals surface area contributed by atoms with Crippen LogP contribution in [-0.2, 0) is 6.42 Å². The number of rotatable bonds is 3. The largest absolute Gasteiger partial charge is 0.347 e. The molecule has 2 rings (SSSR count).